The number of anilines is 2. The summed E-state index contributed by atoms with van der Waals surface area (Å²) in [5.41, 5.74) is 6.67. The van der Waals surface area contributed by atoms with Crippen LogP contribution in [0.1, 0.15) is 32.6 Å². The van der Waals surface area contributed by atoms with Crippen molar-refractivity contribution in [3.05, 3.63) is 12.1 Å². The van der Waals surface area contributed by atoms with Gasteiger partial charge in [0.15, 0.2) is 0 Å². The number of hydrogen-bond donors (Lipinski definition) is 2. The number of nitrogens with two attached hydrogens (primary N) is 1. The van der Waals surface area contributed by atoms with E-state index < -0.39 is 0 Å². The SMILES string of the molecule is CCOc1nc(NCC2(N(C)C)CCCC2)ccc1N. The molecule has 0 unspecified atom stereocenters. The average molecular weight is 278 g/mol. The number of rotatable bonds is 6. The first-order valence-electron chi connectivity index (χ1n) is 7.38. The minimum atomic E-state index is 0.245. The maximum absolute atomic E-state index is 5.84. The first-order valence-corrected chi connectivity index (χ1v) is 7.38. The normalized spacial score (nSPS) is 17.4. The highest BCUT2D eigenvalue weighted by Gasteiger charge is 2.35. The number of nitrogen functional groups attached to an aromatic ring is 1. The number of nitrogens with one attached hydrogen (secondary N) is 1. The molecule has 112 valence electrons. The second-order valence-electron chi connectivity index (χ2n) is 5.70. The molecule has 1 aliphatic rings. The lowest BCUT2D eigenvalue weighted by Crippen LogP contribution is -2.47. The van der Waals surface area contributed by atoms with Gasteiger partial charge < -0.3 is 20.7 Å². The smallest absolute Gasteiger partial charge is 0.239 e. The Kier molecular flexibility index (Phi) is 4.70. The molecule has 0 spiro atoms. The van der Waals surface area contributed by atoms with Crippen LogP contribution in [0.2, 0.25) is 0 Å². The third-order valence-electron chi connectivity index (χ3n) is 4.25. The maximum Gasteiger partial charge on any atom is 0.239 e. The van der Waals surface area contributed by atoms with E-state index in [0.717, 1.165) is 12.4 Å². The van der Waals surface area contributed by atoms with Crippen molar-refractivity contribution >= 4 is 11.5 Å². The summed E-state index contributed by atoms with van der Waals surface area (Å²) in [5, 5.41) is 3.45. The van der Waals surface area contributed by atoms with Crippen LogP contribution in [-0.4, -0.2) is 42.7 Å². The van der Waals surface area contributed by atoms with Gasteiger partial charge in [0.2, 0.25) is 5.88 Å². The van der Waals surface area contributed by atoms with Gasteiger partial charge in [-0.2, -0.15) is 4.98 Å². The molecule has 1 saturated carbocycles. The first kappa shape index (κ1) is 14.9. The molecule has 1 fully saturated rings. The van der Waals surface area contributed by atoms with Crippen LogP contribution in [0.4, 0.5) is 11.5 Å². The molecule has 1 aromatic rings. The van der Waals surface area contributed by atoms with Gasteiger partial charge in [-0.1, -0.05) is 12.8 Å². The molecule has 2 rings (SSSR count). The molecule has 0 aliphatic heterocycles. The second-order valence-corrected chi connectivity index (χ2v) is 5.70. The third kappa shape index (κ3) is 3.15. The van der Waals surface area contributed by atoms with Crippen molar-refractivity contribution in [3.63, 3.8) is 0 Å². The fourth-order valence-corrected chi connectivity index (χ4v) is 2.87. The Morgan fingerprint density at radius 3 is 2.65 bits per heavy atom. The molecule has 0 radical (unpaired) electrons. The van der Waals surface area contributed by atoms with Crippen molar-refractivity contribution in [2.45, 2.75) is 38.1 Å². The summed E-state index contributed by atoms with van der Waals surface area (Å²) in [7, 11) is 4.32. The number of aromatic nitrogens is 1. The molecular formula is C15H26N4O. The summed E-state index contributed by atoms with van der Waals surface area (Å²) < 4.78 is 5.44. The van der Waals surface area contributed by atoms with Gasteiger partial charge in [0.1, 0.15) is 5.82 Å². The molecule has 0 aromatic carbocycles. The minimum Gasteiger partial charge on any atom is -0.476 e. The van der Waals surface area contributed by atoms with Gasteiger partial charge >= 0.3 is 0 Å². The molecule has 1 heterocycles. The van der Waals surface area contributed by atoms with Crippen LogP contribution in [-0.2, 0) is 0 Å². The van der Waals surface area contributed by atoms with Crippen LogP contribution in [0, 0.1) is 0 Å². The van der Waals surface area contributed by atoms with Gasteiger partial charge in [-0.3, -0.25) is 0 Å². The highest BCUT2D eigenvalue weighted by Crippen LogP contribution is 2.34. The van der Waals surface area contributed by atoms with Crippen LogP contribution in [0.25, 0.3) is 0 Å². The molecule has 0 atom stereocenters. The molecule has 1 aromatic heterocycles. The number of hydrogen-bond acceptors (Lipinski definition) is 5. The van der Waals surface area contributed by atoms with E-state index in [-0.39, 0.29) is 5.54 Å². The van der Waals surface area contributed by atoms with E-state index in [9.17, 15) is 0 Å². The fraction of sp³-hybridized carbons (Fsp3) is 0.667. The quantitative estimate of drug-likeness (QED) is 0.836. The summed E-state index contributed by atoms with van der Waals surface area (Å²) in [6.07, 6.45) is 5.08. The Morgan fingerprint density at radius 1 is 1.35 bits per heavy atom. The molecule has 0 amide bonds. The minimum absolute atomic E-state index is 0.245. The monoisotopic (exact) mass is 278 g/mol. The zero-order valence-corrected chi connectivity index (χ0v) is 12.8. The lowest BCUT2D eigenvalue weighted by Gasteiger charge is -2.36. The maximum atomic E-state index is 5.84. The number of ether oxygens (including phenoxy) is 1. The van der Waals surface area contributed by atoms with Crippen LogP contribution in [0.5, 0.6) is 5.88 Å². The summed E-state index contributed by atoms with van der Waals surface area (Å²) in [5.74, 6) is 1.35. The van der Waals surface area contributed by atoms with E-state index in [0.29, 0.717) is 18.2 Å². The molecule has 5 heteroatoms. The van der Waals surface area contributed by atoms with Gasteiger partial charge in [-0.25, -0.2) is 0 Å². The van der Waals surface area contributed by atoms with Crippen LogP contribution in [0.15, 0.2) is 12.1 Å². The van der Waals surface area contributed by atoms with E-state index in [1.807, 2.05) is 19.1 Å². The predicted molar refractivity (Wildman–Crippen MR) is 83.2 cm³/mol. The van der Waals surface area contributed by atoms with E-state index in [2.05, 4.69) is 29.3 Å². The number of likely N-dealkylation sites (N-methyl/N-ethyl adjacent to an activating group) is 1. The molecule has 1 aliphatic carbocycles. The van der Waals surface area contributed by atoms with E-state index in [1.54, 1.807) is 0 Å². The number of pyridine rings is 1. The van der Waals surface area contributed by atoms with E-state index in [4.69, 9.17) is 10.5 Å². The summed E-state index contributed by atoms with van der Waals surface area (Å²) in [4.78, 5) is 6.78. The van der Waals surface area contributed by atoms with Crippen molar-refractivity contribution < 1.29 is 4.74 Å². The fourth-order valence-electron chi connectivity index (χ4n) is 2.87. The van der Waals surface area contributed by atoms with E-state index in [1.165, 1.54) is 25.7 Å². The Hall–Kier alpha value is -1.49. The van der Waals surface area contributed by atoms with Crippen molar-refractivity contribution in [1.82, 2.24) is 9.88 Å². The second kappa shape index (κ2) is 6.31. The Labute approximate surface area is 121 Å². The highest BCUT2D eigenvalue weighted by molar-refractivity contribution is 5.53. The van der Waals surface area contributed by atoms with Crippen LogP contribution >= 0.6 is 0 Å². The first-order chi connectivity index (χ1) is 9.57. The summed E-state index contributed by atoms with van der Waals surface area (Å²) in [6, 6.07) is 3.76. The van der Waals surface area contributed by atoms with Crippen molar-refractivity contribution in [1.29, 1.82) is 0 Å². The van der Waals surface area contributed by atoms with Gasteiger partial charge in [-0.15, -0.1) is 0 Å². The van der Waals surface area contributed by atoms with Crippen molar-refractivity contribution in [3.8, 4) is 5.88 Å². The zero-order valence-electron chi connectivity index (χ0n) is 12.8. The Bertz CT molecular complexity index is 441. The van der Waals surface area contributed by atoms with Crippen molar-refractivity contribution in [2.24, 2.45) is 0 Å². The lowest BCUT2D eigenvalue weighted by atomic mass is 9.96. The predicted octanol–water partition coefficient (Wildman–Crippen LogP) is 2.35. The standard InChI is InChI=1S/C15H26N4O/c1-4-20-14-12(16)7-8-13(18-14)17-11-15(19(2)3)9-5-6-10-15/h7-8H,4-6,9-11,16H2,1-3H3,(H,17,18). The third-order valence-corrected chi connectivity index (χ3v) is 4.25. The molecule has 0 saturated heterocycles. The van der Waals surface area contributed by atoms with Gasteiger partial charge in [0.25, 0.3) is 0 Å². The summed E-state index contributed by atoms with van der Waals surface area (Å²) >= 11 is 0. The molecule has 20 heavy (non-hydrogen) atoms. The molecule has 5 nitrogen and oxygen atoms in total. The summed E-state index contributed by atoms with van der Waals surface area (Å²) in [6.45, 7) is 3.41. The largest absolute Gasteiger partial charge is 0.476 e. The Morgan fingerprint density at radius 2 is 2.05 bits per heavy atom. The van der Waals surface area contributed by atoms with Gasteiger partial charge in [0.05, 0.1) is 12.3 Å². The van der Waals surface area contributed by atoms with Crippen molar-refractivity contribution in [2.75, 3.05) is 38.3 Å². The molecule has 3 N–H and O–H groups in total. The average Bonchev–Trinajstić information content (AvgIpc) is 2.90. The zero-order chi connectivity index (χ0) is 14.6. The Balaban J connectivity index is 2.04. The lowest BCUT2D eigenvalue weighted by molar-refractivity contribution is 0.172. The van der Waals surface area contributed by atoms with Crippen LogP contribution < -0.4 is 15.8 Å². The van der Waals surface area contributed by atoms with E-state index >= 15 is 0 Å². The van der Waals surface area contributed by atoms with Gasteiger partial charge in [0, 0.05) is 12.1 Å². The molecule has 0 bridgehead atoms. The van der Waals surface area contributed by atoms with Gasteiger partial charge in [-0.05, 0) is 46.0 Å². The number of nitrogens with zero attached hydrogens (tertiary/aromatic N) is 2. The molecular weight excluding hydrogens is 252 g/mol. The topological polar surface area (TPSA) is 63.4 Å². The highest BCUT2D eigenvalue weighted by atomic mass is 16.5. The van der Waals surface area contributed by atoms with Crippen LogP contribution in [0.3, 0.4) is 0 Å².